The maximum absolute atomic E-state index is 13.6. The monoisotopic (exact) mass is 284 g/mol. The van der Waals surface area contributed by atoms with Crippen LogP contribution in [-0.2, 0) is 11.2 Å². The van der Waals surface area contributed by atoms with E-state index in [4.69, 9.17) is 10.5 Å². The lowest BCUT2D eigenvalue weighted by Gasteiger charge is -2.35. The maximum atomic E-state index is 13.6. The number of nitrogens with zero attached hydrogens (tertiary/aromatic N) is 1. The Morgan fingerprint density at radius 3 is 3.00 bits per heavy atom. The zero-order valence-electron chi connectivity index (χ0n) is 11.8. The van der Waals surface area contributed by atoms with Gasteiger partial charge in [-0.15, -0.1) is 0 Å². The van der Waals surface area contributed by atoms with Crippen LogP contribution in [0.1, 0.15) is 18.9 Å². The van der Waals surface area contributed by atoms with E-state index in [9.17, 15) is 8.78 Å². The number of morpholine rings is 1. The van der Waals surface area contributed by atoms with E-state index >= 15 is 0 Å². The molecule has 5 heteroatoms. The Hall–Kier alpha value is -1.04. The maximum Gasteiger partial charge on any atom is 0.162 e. The van der Waals surface area contributed by atoms with Crippen LogP contribution in [0.15, 0.2) is 18.2 Å². The summed E-state index contributed by atoms with van der Waals surface area (Å²) in [6.45, 7) is 5.45. The molecule has 2 rings (SSSR count). The number of hydrogen-bond donors (Lipinski definition) is 1. The molecule has 3 nitrogen and oxygen atoms in total. The van der Waals surface area contributed by atoms with E-state index in [0.29, 0.717) is 12.2 Å². The lowest BCUT2D eigenvalue weighted by atomic mass is 10.00. The second-order valence-corrected chi connectivity index (χ2v) is 5.29. The molecular weight excluding hydrogens is 262 g/mol. The minimum Gasteiger partial charge on any atom is -0.374 e. The van der Waals surface area contributed by atoms with E-state index in [2.05, 4.69) is 11.8 Å². The lowest BCUT2D eigenvalue weighted by molar-refractivity contribution is -0.0401. The van der Waals surface area contributed by atoms with Gasteiger partial charge in [-0.3, -0.25) is 4.90 Å². The van der Waals surface area contributed by atoms with Gasteiger partial charge in [0.1, 0.15) is 0 Å². The third kappa shape index (κ3) is 3.75. The van der Waals surface area contributed by atoms with Gasteiger partial charge in [0.05, 0.1) is 12.7 Å². The van der Waals surface area contributed by atoms with Gasteiger partial charge >= 0.3 is 0 Å². The first-order valence-corrected chi connectivity index (χ1v) is 7.14. The number of benzene rings is 1. The molecule has 1 fully saturated rings. The number of ether oxygens (including phenoxy) is 1. The highest BCUT2D eigenvalue weighted by Gasteiger charge is 2.26. The lowest BCUT2D eigenvalue weighted by Crippen LogP contribution is -2.51. The number of rotatable bonds is 5. The van der Waals surface area contributed by atoms with Crippen molar-refractivity contribution in [1.29, 1.82) is 0 Å². The van der Waals surface area contributed by atoms with Crippen molar-refractivity contribution in [2.75, 3.05) is 26.2 Å². The first kappa shape index (κ1) is 15.4. The van der Waals surface area contributed by atoms with Crippen LogP contribution in [-0.4, -0.2) is 43.3 Å². The van der Waals surface area contributed by atoms with Crippen LogP contribution < -0.4 is 5.73 Å². The summed E-state index contributed by atoms with van der Waals surface area (Å²) in [7, 11) is 0. The van der Waals surface area contributed by atoms with Crippen LogP contribution in [0.3, 0.4) is 0 Å². The topological polar surface area (TPSA) is 38.5 Å². The Kier molecular flexibility index (Phi) is 5.46. The molecule has 2 atom stereocenters. The Morgan fingerprint density at radius 2 is 2.25 bits per heavy atom. The number of halogens is 2. The molecule has 2 unspecified atom stereocenters. The highest BCUT2D eigenvalue weighted by atomic mass is 19.2. The molecule has 1 heterocycles. The Balaban J connectivity index is 1.97. The summed E-state index contributed by atoms with van der Waals surface area (Å²) in [6, 6.07) is 3.87. The fourth-order valence-electron chi connectivity index (χ4n) is 2.60. The predicted octanol–water partition coefficient (Wildman–Crippen LogP) is 1.95. The standard InChI is InChI=1S/C15H22F2N2O/c1-2-6-19-7-8-20-14(10-19)13(18)9-11-4-3-5-12(16)15(11)17/h3-5,13-14H,2,6-10,18H2,1H3. The van der Waals surface area contributed by atoms with Crippen molar-refractivity contribution in [3.05, 3.63) is 35.4 Å². The smallest absolute Gasteiger partial charge is 0.162 e. The molecule has 1 aromatic rings. The molecule has 0 amide bonds. The van der Waals surface area contributed by atoms with Crippen LogP contribution in [0.4, 0.5) is 8.78 Å². The van der Waals surface area contributed by atoms with Gasteiger partial charge in [0.25, 0.3) is 0 Å². The SMILES string of the molecule is CCCN1CCOC(C(N)Cc2cccc(F)c2F)C1. The molecule has 1 aliphatic heterocycles. The molecule has 0 saturated carbocycles. The average Bonchev–Trinajstić information content (AvgIpc) is 2.44. The number of nitrogens with two attached hydrogens (primary N) is 1. The fourth-order valence-corrected chi connectivity index (χ4v) is 2.60. The van der Waals surface area contributed by atoms with Gasteiger partial charge in [0.2, 0.25) is 0 Å². The average molecular weight is 284 g/mol. The normalized spacial score (nSPS) is 21.9. The van der Waals surface area contributed by atoms with Gasteiger partial charge in [-0.2, -0.15) is 0 Å². The molecule has 0 spiro atoms. The highest BCUT2D eigenvalue weighted by Crippen LogP contribution is 2.16. The van der Waals surface area contributed by atoms with E-state index in [1.807, 2.05) is 0 Å². The van der Waals surface area contributed by atoms with Gasteiger partial charge < -0.3 is 10.5 Å². The molecule has 20 heavy (non-hydrogen) atoms. The first-order chi connectivity index (χ1) is 9.61. The number of hydrogen-bond acceptors (Lipinski definition) is 3. The third-order valence-electron chi connectivity index (χ3n) is 3.68. The van der Waals surface area contributed by atoms with E-state index in [1.165, 1.54) is 6.07 Å². The molecule has 1 aromatic carbocycles. The molecule has 112 valence electrons. The summed E-state index contributed by atoms with van der Waals surface area (Å²) >= 11 is 0. The Bertz CT molecular complexity index is 440. The van der Waals surface area contributed by atoms with Crippen LogP contribution in [0.25, 0.3) is 0 Å². The van der Waals surface area contributed by atoms with Gasteiger partial charge in [-0.25, -0.2) is 8.78 Å². The van der Waals surface area contributed by atoms with Crippen molar-refractivity contribution in [1.82, 2.24) is 4.90 Å². The van der Waals surface area contributed by atoms with Gasteiger partial charge in [0.15, 0.2) is 11.6 Å². The third-order valence-corrected chi connectivity index (χ3v) is 3.68. The zero-order chi connectivity index (χ0) is 14.5. The molecule has 0 aromatic heterocycles. The van der Waals surface area contributed by atoms with Gasteiger partial charge in [-0.1, -0.05) is 19.1 Å². The van der Waals surface area contributed by atoms with Crippen molar-refractivity contribution >= 4 is 0 Å². The minimum absolute atomic E-state index is 0.127. The van der Waals surface area contributed by atoms with Crippen molar-refractivity contribution in [3.63, 3.8) is 0 Å². The molecule has 0 radical (unpaired) electrons. The van der Waals surface area contributed by atoms with Crippen LogP contribution in [0.2, 0.25) is 0 Å². The minimum atomic E-state index is -0.827. The summed E-state index contributed by atoms with van der Waals surface area (Å²) in [6.07, 6.45) is 1.24. The van der Waals surface area contributed by atoms with Crippen molar-refractivity contribution in [2.45, 2.75) is 31.9 Å². The van der Waals surface area contributed by atoms with E-state index in [1.54, 1.807) is 6.07 Å². The fraction of sp³-hybridized carbons (Fsp3) is 0.600. The molecule has 0 aliphatic carbocycles. The molecule has 1 aliphatic rings. The summed E-state index contributed by atoms with van der Waals surface area (Å²) in [5.74, 6) is -1.63. The summed E-state index contributed by atoms with van der Waals surface area (Å²) in [5, 5.41) is 0. The second kappa shape index (κ2) is 7.11. The molecular formula is C15H22F2N2O. The quantitative estimate of drug-likeness (QED) is 0.898. The Labute approximate surface area is 118 Å². The molecule has 1 saturated heterocycles. The van der Waals surface area contributed by atoms with Crippen LogP contribution >= 0.6 is 0 Å². The van der Waals surface area contributed by atoms with Crippen molar-refractivity contribution < 1.29 is 13.5 Å². The predicted molar refractivity (Wildman–Crippen MR) is 74.5 cm³/mol. The van der Waals surface area contributed by atoms with Crippen molar-refractivity contribution in [2.24, 2.45) is 5.73 Å². The molecule has 2 N–H and O–H groups in total. The first-order valence-electron chi connectivity index (χ1n) is 7.14. The van der Waals surface area contributed by atoms with Gasteiger partial charge in [0, 0.05) is 19.1 Å². The summed E-state index contributed by atoms with van der Waals surface area (Å²) < 4.78 is 32.5. The van der Waals surface area contributed by atoms with E-state index < -0.39 is 11.6 Å². The second-order valence-electron chi connectivity index (χ2n) is 5.29. The van der Waals surface area contributed by atoms with E-state index in [-0.39, 0.29) is 18.6 Å². The molecule has 0 bridgehead atoms. The van der Waals surface area contributed by atoms with Crippen LogP contribution in [0, 0.1) is 11.6 Å². The van der Waals surface area contributed by atoms with Crippen molar-refractivity contribution in [3.8, 4) is 0 Å². The largest absolute Gasteiger partial charge is 0.374 e. The summed E-state index contributed by atoms with van der Waals surface area (Å²) in [4.78, 5) is 2.30. The van der Waals surface area contributed by atoms with Crippen LogP contribution in [0.5, 0.6) is 0 Å². The van der Waals surface area contributed by atoms with E-state index in [0.717, 1.165) is 32.1 Å². The Morgan fingerprint density at radius 1 is 1.45 bits per heavy atom. The van der Waals surface area contributed by atoms with Gasteiger partial charge in [-0.05, 0) is 31.0 Å². The zero-order valence-corrected chi connectivity index (χ0v) is 11.8. The highest BCUT2D eigenvalue weighted by molar-refractivity contribution is 5.20. The summed E-state index contributed by atoms with van der Waals surface area (Å²) in [5.41, 5.74) is 6.43.